The van der Waals surface area contributed by atoms with Gasteiger partial charge in [-0.1, -0.05) is 0 Å². The third-order valence-corrected chi connectivity index (χ3v) is 1.27. The van der Waals surface area contributed by atoms with E-state index >= 15 is 0 Å². The third-order valence-electron chi connectivity index (χ3n) is 1.27. The molecule has 0 aromatic carbocycles. The first-order valence-corrected chi connectivity index (χ1v) is 3.18. The molecule has 1 heterocycles. The maximum atomic E-state index is 5.14. The summed E-state index contributed by atoms with van der Waals surface area (Å²) < 4.78 is 0. The van der Waals surface area contributed by atoms with Crippen molar-refractivity contribution in [2.24, 2.45) is 5.84 Å². The molecule has 0 unspecified atom stereocenters. The van der Waals surface area contributed by atoms with Gasteiger partial charge in [-0.15, -0.1) is 0 Å². The molecule has 0 amide bonds. The van der Waals surface area contributed by atoms with Crippen LogP contribution in [0.3, 0.4) is 0 Å². The molecule has 0 fully saturated rings. The van der Waals surface area contributed by atoms with Crippen LogP contribution in [0.25, 0.3) is 0 Å². The third kappa shape index (κ3) is 1.79. The van der Waals surface area contributed by atoms with Crippen LogP contribution in [-0.2, 0) is 6.54 Å². The molecule has 0 saturated heterocycles. The van der Waals surface area contributed by atoms with E-state index in [1.54, 1.807) is 6.20 Å². The topological polar surface area (TPSA) is 50.9 Å². The van der Waals surface area contributed by atoms with E-state index in [1.807, 2.05) is 19.1 Å². The summed E-state index contributed by atoms with van der Waals surface area (Å²) in [5.41, 5.74) is 4.77. The average molecular weight is 137 g/mol. The van der Waals surface area contributed by atoms with E-state index in [-0.39, 0.29) is 0 Å². The summed E-state index contributed by atoms with van der Waals surface area (Å²) in [6, 6.07) is 3.94. The fourth-order valence-electron chi connectivity index (χ4n) is 0.832. The van der Waals surface area contributed by atoms with Crippen molar-refractivity contribution in [1.29, 1.82) is 0 Å². The fraction of sp³-hybridized carbons (Fsp3) is 0.286. The summed E-state index contributed by atoms with van der Waals surface area (Å²) in [5.74, 6) is 5.14. The molecule has 0 atom stereocenters. The highest BCUT2D eigenvalue weighted by atomic mass is 15.2. The van der Waals surface area contributed by atoms with Crippen molar-refractivity contribution in [3.05, 3.63) is 29.6 Å². The molecule has 3 heteroatoms. The zero-order valence-corrected chi connectivity index (χ0v) is 5.96. The van der Waals surface area contributed by atoms with Gasteiger partial charge in [-0.2, -0.15) is 0 Å². The van der Waals surface area contributed by atoms with Crippen LogP contribution >= 0.6 is 0 Å². The van der Waals surface area contributed by atoms with Crippen molar-refractivity contribution in [2.75, 3.05) is 0 Å². The van der Waals surface area contributed by atoms with Crippen LogP contribution in [0.1, 0.15) is 11.3 Å². The maximum absolute atomic E-state index is 5.14. The van der Waals surface area contributed by atoms with Crippen molar-refractivity contribution in [2.45, 2.75) is 13.5 Å². The Kier molecular flexibility index (Phi) is 2.36. The Bertz CT molecular complexity index is 210. The molecule has 10 heavy (non-hydrogen) atoms. The van der Waals surface area contributed by atoms with Crippen molar-refractivity contribution in [3.63, 3.8) is 0 Å². The molecule has 0 bridgehead atoms. The Morgan fingerprint density at radius 2 is 2.50 bits per heavy atom. The quantitative estimate of drug-likeness (QED) is 0.457. The lowest BCUT2D eigenvalue weighted by Crippen LogP contribution is -2.20. The van der Waals surface area contributed by atoms with E-state index in [9.17, 15) is 0 Å². The number of hydrazine groups is 1. The van der Waals surface area contributed by atoms with E-state index in [2.05, 4.69) is 10.4 Å². The number of hydrogen-bond acceptors (Lipinski definition) is 3. The molecule has 0 radical (unpaired) electrons. The maximum Gasteiger partial charge on any atom is 0.0375 e. The SMILES string of the molecule is Cc1cc(CNN)ccn1. The van der Waals surface area contributed by atoms with E-state index in [1.165, 1.54) is 0 Å². The van der Waals surface area contributed by atoms with Gasteiger partial charge in [0.1, 0.15) is 0 Å². The van der Waals surface area contributed by atoms with Gasteiger partial charge in [-0.25, -0.2) is 0 Å². The number of nitrogens with two attached hydrogens (primary N) is 1. The summed E-state index contributed by atoms with van der Waals surface area (Å²) in [4.78, 5) is 4.05. The van der Waals surface area contributed by atoms with Gasteiger partial charge in [0.25, 0.3) is 0 Å². The second kappa shape index (κ2) is 3.29. The minimum atomic E-state index is 0.698. The van der Waals surface area contributed by atoms with Gasteiger partial charge in [0.15, 0.2) is 0 Å². The summed E-state index contributed by atoms with van der Waals surface area (Å²) in [5, 5.41) is 0. The molecule has 0 aliphatic rings. The van der Waals surface area contributed by atoms with Crippen LogP contribution in [0.5, 0.6) is 0 Å². The number of aryl methyl sites for hydroxylation is 1. The highest BCUT2D eigenvalue weighted by Crippen LogP contribution is 1.98. The van der Waals surface area contributed by atoms with Gasteiger partial charge in [0, 0.05) is 18.4 Å². The van der Waals surface area contributed by atoms with Crippen molar-refractivity contribution < 1.29 is 0 Å². The average Bonchev–Trinajstić information content (AvgIpc) is 1.88. The summed E-state index contributed by atoms with van der Waals surface area (Å²) in [7, 11) is 0. The minimum Gasteiger partial charge on any atom is -0.271 e. The molecule has 1 rings (SSSR count). The summed E-state index contributed by atoms with van der Waals surface area (Å²) in [6.07, 6.45) is 1.78. The number of aromatic nitrogens is 1. The monoisotopic (exact) mass is 137 g/mol. The molecular formula is C7H11N3. The van der Waals surface area contributed by atoms with E-state index in [4.69, 9.17) is 5.84 Å². The van der Waals surface area contributed by atoms with Crippen molar-refractivity contribution >= 4 is 0 Å². The second-order valence-corrected chi connectivity index (χ2v) is 2.19. The number of hydrogen-bond donors (Lipinski definition) is 2. The smallest absolute Gasteiger partial charge is 0.0375 e. The van der Waals surface area contributed by atoms with Crippen LogP contribution < -0.4 is 11.3 Å². The van der Waals surface area contributed by atoms with Crippen LogP contribution in [0, 0.1) is 6.92 Å². The number of nitrogens with zero attached hydrogens (tertiary/aromatic N) is 1. The van der Waals surface area contributed by atoms with Gasteiger partial charge in [-0.3, -0.25) is 16.3 Å². The Hall–Kier alpha value is -0.930. The predicted octanol–water partition coefficient (Wildman–Crippen LogP) is 0.353. The van der Waals surface area contributed by atoms with Gasteiger partial charge < -0.3 is 0 Å². The zero-order chi connectivity index (χ0) is 7.40. The van der Waals surface area contributed by atoms with Gasteiger partial charge >= 0.3 is 0 Å². The van der Waals surface area contributed by atoms with Crippen molar-refractivity contribution in [3.8, 4) is 0 Å². The van der Waals surface area contributed by atoms with Crippen LogP contribution in [0.15, 0.2) is 18.3 Å². The van der Waals surface area contributed by atoms with E-state index < -0.39 is 0 Å². The molecule has 0 saturated carbocycles. The molecule has 0 spiro atoms. The zero-order valence-electron chi connectivity index (χ0n) is 5.96. The van der Waals surface area contributed by atoms with Gasteiger partial charge in [0.2, 0.25) is 0 Å². The van der Waals surface area contributed by atoms with E-state index in [0.717, 1.165) is 11.3 Å². The Balaban J connectivity index is 2.75. The second-order valence-electron chi connectivity index (χ2n) is 2.19. The number of rotatable bonds is 2. The highest BCUT2D eigenvalue weighted by molar-refractivity contribution is 5.14. The first-order chi connectivity index (χ1) is 4.83. The molecular weight excluding hydrogens is 126 g/mol. The normalized spacial score (nSPS) is 9.80. The molecule has 54 valence electrons. The predicted molar refractivity (Wildman–Crippen MR) is 40.0 cm³/mol. The van der Waals surface area contributed by atoms with E-state index in [0.29, 0.717) is 6.54 Å². The van der Waals surface area contributed by atoms with Crippen LogP contribution in [-0.4, -0.2) is 4.98 Å². The highest BCUT2D eigenvalue weighted by Gasteiger charge is 1.89. The number of nitrogens with one attached hydrogen (secondary N) is 1. The molecule has 1 aromatic rings. The minimum absolute atomic E-state index is 0.698. The largest absolute Gasteiger partial charge is 0.271 e. The summed E-state index contributed by atoms with van der Waals surface area (Å²) >= 11 is 0. The lowest BCUT2D eigenvalue weighted by molar-refractivity contribution is 0.739. The first-order valence-electron chi connectivity index (χ1n) is 3.18. The Morgan fingerprint density at radius 1 is 1.70 bits per heavy atom. The lowest BCUT2D eigenvalue weighted by Gasteiger charge is -1.98. The van der Waals surface area contributed by atoms with Gasteiger partial charge in [0.05, 0.1) is 0 Å². The van der Waals surface area contributed by atoms with Gasteiger partial charge in [-0.05, 0) is 24.6 Å². The molecule has 3 nitrogen and oxygen atoms in total. The Morgan fingerprint density at radius 3 is 3.10 bits per heavy atom. The summed E-state index contributed by atoms with van der Waals surface area (Å²) in [6.45, 7) is 2.66. The molecule has 0 aliphatic heterocycles. The molecule has 3 N–H and O–H groups in total. The standard InChI is InChI=1S/C7H11N3/c1-6-4-7(5-10-8)2-3-9-6/h2-4,10H,5,8H2,1H3. The van der Waals surface area contributed by atoms with Crippen molar-refractivity contribution in [1.82, 2.24) is 10.4 Å². The molecule has 1 aromatic heterocycles. The fourth-order valence-corrected chi connectivity index (χ4v) is 0.832. The lowest BCUT2D eigenvalue weighted by atomic mass is 10.2. The number of pyridine rings is 1. The molecule has 0 aliphatic carbocycles. The Labute approximate surface area is 60.2 Å². The van der Waals surface area contributed by atoms with Crippen LogP contribution in [0.2, 0.25) is 0 Å². The van der Waals surface area contributed by atoms with Crippen LogP contribution in [0.4, 0.5) is 0 Å². The first kappa shape index (κ1) is 7.18.